The standard InChI is InChI=1S/C21H23N5O2.C2HF3O2/c1-28-20-11-17(10-19(12-20)26-8-4-7-24-26)25-21(27)23-14-18-9-15-5-2-3-6-16(15)13-22-18;3-2(4,5)1(6)7/h2-8,10-12,18,22H,9,13-14H2,1H3,(H2,23,25,27);(H,6,7). The minimum absolute atomic E-state index is 0.214. The first-order valence-electron chi connectivity index (χ1n) is 10.5. The van der Waals surface area contributed by atoms with Gasteiger partial charge < -0.3 is 25.8 Å². The number of anilines is 1. The van der Waals surface area contributed by atoms with Crippen LogP contribution in [0.3, 0.4) is 0 Å². The summed E-state index contributed by atoms with van der Waals surface area (Å²) in [5.74, 6) is -2.11. The number of halogens is 3. The largest absolute Gasteiger partial charge is 0.497 e. The van der Waals surface area contributed by atoms with Crippen molar-refractivity contribution in [2.24, 2.45) is 0 Å². The average molecular weight is 491 g/mol. The Balaban J connectivity index is 0.000000429. The number of rotatable bonds is 5. The molecule has 4 N–H and O–H groups in total. The highest BCUT2D eigenvalue weighted by molar-refractivity contribution is 5.89. The van der Waals surface area contributed by atoms with E-state index in [4.69, 9.17) is 14.6 Å². The van der Waals surface area contributed by atoms with E-state index in [9.17, 15) is 18.0 Å². The first-order valence-corrected chi connectivity index (χ1v) is 10.5. The molecule has 2 amide bonds. The summed E-state index contributed by atoms with van der Waals surface area (Å²) in [6, 6.07) is 15.7. The summed E-state index contributed by atoms with van der Waals surface area (Å²) >= 11 is 0. The normalized spacial score (nSPS) is 14.7. The van der Waals surface area contributed by atoms with Crippen molar-refractivity contribution in [2.45, 2.75) is 25.2 Å². The number of hydrogen-bond donors (Lipinski definition) is 4. The lowest BCUT2D eigenvalue weighted by atomic mass is 9.96. The fourth-order valence-corrected chi connectivity index (χ4v) is 3.38. The lowest BCUT2D eigenvalue weighted by Gasteiger charge is -2.26. The Labute approximate surface area is 198 Å². The number of benzene rings is 2. The molecule has 0 saturated carbocycles. The molecule has 1 aliphatic rings. The van der Waals surface area contributed by atoms with Crippen LogP contribution < -0.4 is 20.7 Å². The number of urea groups is 1. The highest BCUT2D eigenvalue weighted by Gasteiger charge is 2.38. The van der Waals surface area contributed by atoms with Crippen LogP contribution in [0.25, 0.3) is 5.69 Å². The molecule has 0 fully saturated rings. The Morgan fingerprint density at radius 3 is 2.54 bits per heavy atom. The number of ether oxygens (including phenoxy) is 1. The van der Waals surface area contributed by atoms with Gasteiger partial charge in [-0.25, -0.2) is 14.3 Å². The third-order valence-electron chi connectivity index (χ3n) is 5.07. The van der Waals surface area contributed by atoms with Crippen molar-refractivity contribution in [3.63, 3.8) is 0 Å². The van der Waals surface area contributed by atoms with Gasteiger partial charge in [-0.1, -0.05) is 24.3 Å². The number of carbonyl (C=O) groups is 2. The van der Waals surface area contributed by atoms with Gasteiger partial charge in [-0.2, -0.15) is 18.3 Å². The number of carbonyl (C=O) groups excluding carboxylic acids is 1. The second-order valence-electron chi connectivity index (χ2n) is 7.56. The van der Waals surface area contributed by atoms with Gasteiger partial charge in [0, 0.05) is 49.3 Å². The molecular formula is C23H24F3N5O4. The maximum atomic E-state index is 12.4. The van der Waals surface area contributed by atoms with Gasteiger partial charge in [0.05, 0.1) is 12.8 Å². The third-order valence-corrected chi connectivity index (χ3v) is 5.07. The second-order valence-corrected chi connectivity index (χ2v) is 7.56. The fourth-order valence-electron chi connectivity index (χ4n) is 3.38. The van der Waals surface area contributed by atoms with Gasteiger partial charge in [0.25, 0.3) is 0 Å². The molecule has 1 aliphatic heterocycles. The molecular weight excluding hydrogens is 467 g/mol. The number of methoxy groups -OCH3 is 1. The molecule has 1 unspecified atom stereocenters. The molecule has 0 bridgehead atoms. The number of aromatic nitrogens is 2. The Bertz CT molecular complexity index is 1150. The first-order chi connectivity index (χ1) is 16.7. The van der Waals surface area contributed by atoms with Gasteiger partial charge in [-0.05, 0) is 29.7 Å². The van der Waals surface area contributed by atoms with Crippen LogP contribution in [0.2, 0.25) is 0 Å². The van der Waals surface area contributed by atoms with Gasteiger partial charge >= 0.3 is 18.2 Å². The first kappa shape index (κ1) is 25.6. The van der Waals surface area contributed by atoms with Gasteiger partial charge in [-0.15, -0.1) is 0 Å². The minimum Gasteiger partial charge on any atom is -0.497 e. The second kappa shape index (κ2) is 11.4. The molecule has 3 aromatic rings. The van der Waals surface area contributed by atoms with Crippen LogP contribution in [0.15, 0.2) is 60.9 Å². The summed E-state index contributed by atoms with van der Waals surface area (Å²) in [4.78, 5) is 21.3. The van der Waals surface area contributed by atoms with E-state index < -0.39 is 12.1 Å². The van der Waals surface area contributed by atoms with E-state index in [1.54, 1.807) is 24.1 Å². The van der Waals surface area contributed by atoms with Crippen LogP contribution in [0.4, 0.5) is 23.7 Å². The third kappa shape index (κ3) is 7.47. The predicted molar refractivity (Wildman–Crippen MR) is 122 cm³/mol. The number of hydrogen-bond acceptors (Lipinski definition) is 5. The molecule has 9 nitrogen and oxygen atoms in total. The number of carboxylic acids is 1. The minimum atomic E-state index is -5.08. The molecule has 0 aliphatic carbocycles. The lowest BCUT2D eigenvalue weighted by Crippen LogP contribution is -2.45. The Morgan fingerprint density at radius 1 is 1.20 bits per heavy atom. The summed E-state index contributed by atoms with van der Waals surface area (Å²) in [5, 5.41) is 20.6. The summed E-state index contributed by atoms with van der Waals surface area (Å²) < 4.78 is 38.8. The van der Waals surface area contributed by atoms with Gasteiger partial charge in [0.2, 0.25) is 0 Å². The predicted octanol–water partition coefficient (Wildman–Crippen LogP) is 3.35. The molecule has 0 spiro atoms. The van der Waals surface area contributed by atoms with Crippen molar-refractivity contribution in [2.75, 3.05) is 19.0 Å². The zero-order valence-corrected chi connectivity index (χ0v) is 18.7. The number of fused-ring (bicyclic) bond motifs is 1. The van der Waals surface area contributed by atoms with E-state index in [1.165, 1.54) is 11.1 Å². The van der Waals surface area contributed by atoms with Crippen molar-refractivity contribution in [1.29, 1.82) is 0 Å². The van der Waals surface area contributed by atoms with Crippen molar-refractivity contribution in [1.82, 2.24) is 20.4 Å². The van der Waals surface area contributed by atoms with Crippen molar-refractivity contribution >= 4 is 17.7 Å². The summed E-state index contributed by atoms with van der Waals surface area (Å²) in [5.41, 5.74) is 4.12. The zero-order chi connectivity index (χ0) is 25.4. The van der Waals surface area contributed by atoms with Crippen LogP contribution in [0.1, 0.15) is 11.1 Å². The molecule has 2 aromatic carbocycles. The highest BCUT2D eigenvalue weighted by Crippen LogP contribution is 2.23. The SMILES string of the molecule is COc1cc(NC(=O)NCC2Cc3ccccc3CN2)cc(-n2cccn2)c1.O=C(O)C(F)(F)F. The molecule has 12 heteroatoms. The number of nitrogens with one attached hydrogen (secondary N) is 3. The quantitative estimate of drug-likeness (QED) is 0.435. The molecule has 1 aromatic heterocycles. The number of amides is 2. The monoisotopic (exact) mass is 491 g/mol. The number of alkyl halides is 3. The van der Waals surface area contributed by atoms with Crippen molar-refractivity contribution in [3.8, 4) is 11.4 Å². The van der Waals surface area contributed by atoms with Crippen LogP contribution in [0, 0.1) is 0 Å². The highest BCUT2D eigenvalue weighted by atomic mass is 19.4. The summed E-state index contributed by atoms with van der Waals surface area (Å²) in [7, 11) is 1.60. The zero-order valence-electron chi connectivity index (χ0n) is 18.7. The van der Waals surface area contributed by atoms with E-state index in [2.05, 4.69) is 45.3 Å². The van der Waals surface area contributed by atoms with Crippen molar-refractivity contribution < 1.29 is 32.6 Å². The summed E-state index contributed by atoms with van der Waals surface area (Å²) in [6.07, 6.45) is -0.640. The van der Waals surface area contributed by atoms with Gasteiger partial charge in [0.15, 0.2) is 0 Å². The topological polar surface area (TPSA) is 118 Å². The van der Waals surface area contributed by atoms with Gasteiger partial charge in [0.1, 0.15) is 5.75 Å². The molecule has 186 valence electrons. The van der Waals surface area contributed by atoms with E-state index in [-0.39, 0.29) is 12.1 Å². The van der Waals surface area contributed by atoms with E-state index >= 15 is 0 Å². The maximum Gasteiger partial charge on any atom is 0.490 e. The molecule has 2 heterocycles. The smallest absolute Gasteiger partial charge is 0.490 e. The molecule has 4 rings (SSSR count). The molecule has 0 radical (unpaired) electrons. The van der Waals surface area contributed by atoms with E-state index in [0.717, 1.165) is 18.7 Å². The number of nitrogens with zero attached hydrogens (tertiary/aromatic N) is 2. The van der Waals surface area contributed by atoms with Crippen molar-refractivity contribution in [3.05, 3.63) is 72.1 Å². The van der Waals surface area contributed by atoms with E-state index in [1.807, 2.05) is 24.4 Å². The maximum absolute atomic E-state index is 12.4. The van der Waals surface area contributed by atoms with Crippen LogP contribution in [-0.2, 0) is 17.8 Å². The lowest BCUT2D eigenvalue weighted by molar-refractivity contribution is -0.192. The molecule has 0 saturated heterocycles. The Morgan fingerprint density at radius 2 is 1.91 bits per heavy atom. The average Bonchev–Trinajstić information content (AvgIpc) is 3.37. The van der Waals surface area contributed by atoms with Crippen LogP contribution in [-0.4, -0.2) is 52.8 Å². The number of carboxylic acid groups (broad SMARTS) is 1. The molecule has 1 atom stereocenters. The van der Waals surface area contributed by atoms with Gasteiger partial charge in [-0.3, -0.25) is 0 Å². The number of aliphatic carboxylic acids is 1. The molecule has 35 heavy (non-hydrogen) atoms. The van der Waals surface area contributed by atoms with E-state index in [0.29, 0.717) is 18.0 Å². The fraction of sp³-hybridized carbons (Fsp3) is 0.261. The Kier molecular flexibility index (Phi) is 8.31. The van der Waals surface area contributed by atoms with Crippen LogP contribution >= 0.6 is 0 Å². The summed E-state index contributed by atoms with van der Waals surface area (Å²) in [6.45, 7) is 1.38. The van der Waals surface area contributed by atoms with Crippen LogP contribution in [0.5, 0.6) is 5.75 Å². The Hall–Kier alpha value is -4.06.